The van der Waals surface area contributed by atoms with Gasteiger partial charge < -0.3 is 19.6 Å². The van der Waals surface area contributed by atoms with Crippen LogP contribution in [-0.2, 0) is 13.1 Å². The van der Waals surface area contributed by atoms with E-state index in [1.54, 1.807) is 7.11 Å². The van der Waals surface area contributed by atoms with Crippen molar-refractivity contribution in [2.45, 2.75) is 19.5 Å². The van der Waals surface area contributed by atoms with E-state index in [2.05, 4.69) is 26.6 Å². The number of benzene rings is 2. The Balaban J connectivity index is 1.30. The number of nitrogens with one attached hydrogen (secondary N) is 1. The summed E-state index contributed by atoms with van der Waals surface area (Å²) < 4.78 is 7.80. The lowest BCUT2D eigenvalue weighted by molar-refractivity contribution is 0.125. The van der Waals surface area contributed by atoms with E-state index in [1.165, 1.54) is 6.21 Å². The first-order valence-electron chi connectivity index (χ1n) is 10.6. The van der Waals surface area contributed by atoms with Gasteiger partial charge in [0.05, 0.1) is 12.6 Å². The van der Waals surface area contributed by atoms with Gasteiger partial charge in [0.15, 0.2) is 0 Å². The highest BCUT2D eigenvalue weighted by Crippen LogP contribution is 2.29. The fourth-order valence-corrected chi connectivity index (χ4v) is 4.80. The molecule has 164 valence electrons. The molecule has 1 saturated heterocycles. The third-order valence-electron chi connectivity index (χ3n) is 6.01. The zero-order valence-electron chi connectivity index (χ0n) is 17.8. The lowest BCUT2D eigenvalue weighted by Crippen LogP contribution is -2.46. The summed E-state index contributed by atoms with van der Waals surface area (Å²) in [6.45, 7) is 7.04. The van der Waals surface area contributed by atoms with Crippen molar-refractivity contribution < 1.29 is 4.74 Å². The average Bonchev–Trinajstić information content (AvgIpc) is 3.15. The highest BCUT2D eigenvalue weighted by molar-refractivity contribution is 6.35. The number of aryl methyl sites for hydroxylation is 1. The fraction of sp³-hybridized carbons (Fsp3) is 0.375. The van der Waals surface area contributed by atoms with Gasteiger partial charge in [0, 0.05) is 72.7 Å². The quantitative estimate of drug-likeness (QED) is 0.473. The van der Waals surface area contributed by atoms with Gasteiger partial charge in [0.2, 0.25) is 0 Å². The molecule has 3 aromatic rings. The SMILES string of the molecule is COc1cccc2c(C=N)cn(CCCN3CCN(Cc4ccc(Cl)cc4Cl)CC3)c12. The van der Waals surface area contributed by atoms with Crippen LogP contribution in [0, 0.1) is 5.41 Å². The van der Waals surface area contributed by atoms with Crippen LogP contribution in [0.1, 0.15) is 17.5 Å². The number of para-hydroxylation sites is 1. The monoisotopic (exact) mass is 458 g/mol. The molecule has 1 N–H and O–H groups in total. The largest absolute Gasteiger partial charge is 0.495 e. The van der Waals surface area contributed by atoms with Gasteiger partial charge in [-0.3, -0.25) is 4.90 Å². The van der Waals surface area contributed by atoms with Crippen molar-refractivity contribution in [1.82, 2.24) is 14.4 Å². The minimum absolute atomic E-state index is 0.680. The van der Waals surface area contributed by atoms with Crippen LogP contribution in [0.15, 0.2) is 42.6 Å². The normalized spacial score (nSPS) is 15.5. The lowest BCUT2D eigenvalue weighted by Gasteiger charge is -2.35. The molecule has 2 aromatic carbocycles. The number of rotatable bonds is 8. The van der Waals surface area contributed by atoms with Crippen molar-refractivity contribution in [2.24, 2.45) is 0 Å². The molecule has 0 bridgehead atoms. The van der Waals surface area contributed by atoms with Gasteiger partial charge in [-0.2, -0.15) is 0 Å². The first kappa shape index (κ1) is 22.2. The zero-order chi connectivity index (χ0) is 21.8. The molecule has 0 atom stereocenters. The topological polar surface area (TPSA) is 44.5 Å². The van der Waals surface area contributed by atoms with Gasteiger partial charge in [-0.1, -0.05) is 41.4 Å². The summed E-state index contributed by atoms with van der Waals surface area (Å²) in [7, 11) is 1.70. The molecule has 0 amide bonds. The fourth-order valence-electron chi connectivity index (χ4n) is 4.34. The second kappa shape index (κ2) is 10.0. The number of aromatic nitrogens is 1. The number of hydrogen-bond donors (Lipinski definition) is 1. The summed E-state index contributed by atoms with van der Waals surface area (Å²) in [6, 6.07) is 11.8. The second-order valence-corrected chi connectivity index (χ2v) is 8.83. The maximum atomic E-state index is 7.72. The van der Waals surface area contributed by atoms with Crippen molar-refractivity contribution in [3.8, 4) is 5.75 Å². The van der Waals surface area contributed by atoms with Gasteiger partial charge in [-0.05, 0) is 36.7 Å². The van der Waals surface area contributed by atoms with Crippen LogP contribution < -0.4 is 4.74 Å². The summed E-state index contributed by atoms with van der Waals surface area (Å²) in [5.41, 5.74) is 3.14. The third-order valence-corrected chi connectivity index (χ3v) is 6.60. The van der Waals surface area contributed by atoms with Crippen LogP contribution in [0.4, 0.5) is 0 Å². The van der Waals surface area contributed by atoms with E-state index < -0.39 is 0 Å². The summed E-state index contributed by atoms with van der Waals surface area (Å²) in [6.07, 6.45) is 4.54. The molecular formula is C24H28Cl2N4O. The van der Waals surface area contributed by atoms with Crippen LogP contribution in [0.2, 0.25) is 10.0 Å². The van der Waals surface area contributed by atoms with E-state index in [9.17, 15) is 0 Å². The molecule has 2 heterocycles. The average molecular weight is 459 g/mol. The summed E-state index contributed by atoms with van der Waals surface area (Å²) in [5.74, 6) is 0.861. The Kier molecular flexibility index (Phi) is 7.18. The summed E-state index contributed by atoms with van der Waals surface area (Å²) in [4.78, 5) is 4.98. The minimum atomic E-state index is 0.680. The van der Waals surface area contributed by atoms with E-state index in [0.29, 0.717) is 5.02 Å². The predicted octanol–water partition coefficient (Wildman–Crippen LogP) is 5.16. The highest BCUT2D eigenvalue weighted by atomic mass is 35.5. The number of ether oxygens (including phenoxy) is 1. The third kappa shape index (κ3) is 5.07. The maximum Gasteiger partial charge on any atom is 0.143 e. The number of fused-ring (bicyclic) bond motifs is 1. The highest BCUT2D eigenvalue weighted by Gasteiger charge is 2.18. The molecule has 0 radical (unpaired) electrons. The zero-order valence-corrected chi connectivity index (χ0v) is 19.3. The summed E-state index contributed by atoms with van der Waals surface area (Å²) >= 11 is 12.3. The molecule has 5 nitrogen and oxygen atoms in total. The van der Waals surface area contributed by atoms with E-state index >= 15 is 0 Å². The van der Waals surface area contributed by atoms with Crippen molar-refractivity contribution >= 4 is 40.3 Å². The Bertz CT molecular complexity index is 1060. The van der Waals surface area contributed by atoms with Crippen LogP contribution in [0.25, 0.3) is 10.9 Å². The number of piperazine rings is 1. The molecule has 31 heavy (non-hydrogen) atoms. The van der Waals surface area contributed by atoms with Gasteiger partial charge >= 0.3 is 0 Å². The van der Waals surface area contributed by atoms with Crippen molar-refractivity contribution in [3.05, 3.63) is 63.8 Å². The van der Waals surface area contributed by atoms with Crippen molar-refractivity contribution in [1.29, 1.82) is 5.41 Å². The Labute approximate surface area is 193 Å². The standard InChI is InChI=1S/C24H28Cl2N4O/c1-31-23-5-2-4-21-19(15-27)17-30(24(21)23)9-3-8-28-10-12-29(13-11-28)16-18-6-7-20(25)14-22(18)26/h2,4-7,14-15,17,27H,3,8-13,16H2,1H3. The van der Waals surface area contributed by atoms with Gasteiger partial charge in [0.25, 0.3) is 0 Å². The van der Waals surface area contributed by atoms with Crippen molar-refractivity contribution in [3.63, 3.8) is 0 Å². The number of hydrogen-bond acceptors (Lipinski definition) is 4. The van der Waals surface area contributed by atoms with Crippen LogP contribution in [0.5, 0.6) is 5.75 Å². The molecule has 0 aliphatic carbocycles. The van der Waals surface area contributed by atoms with E-state index in [0.717, 1.165) is 85.0 Å². The number of nitrogens with zero attached hydrogens (tertiary/aromatic N) is 3. The lowest BCUT2D eigenvalue weighted by atomic mass is 10.2. The molecule has 0 saturated carbocycles. The van der Waals surface area contributed by atoms with Crippen LogP contribution >= 0.6 is 23.2 Å². The number of halogens is 2. The van der Waals surface area contributed by atoms with Gasteiger partial charge in [-0.25, -0.2) is 0 Å². The summed E-state index contributed by atoms with van der Waals surface area (Å²) in [5, 5.41) is 10.2. The Morgan fingerprint density at radius 2 is 1.81 bits per heavy atom. The molecule has 1 aliphatic rings. The molecule has 7 heteroatoms. The Morgan fingerprint density at radius 3 is 2.52 bits per heavy atom. The Hall–Kier alpha value is -2.05. The first-order chi connectivity index (χ1) is 15.1. The molecule has 0 spiro atoms. The van der Waals surface area contributed by atoms with Gasteiger partial charge in [-0.15, -0.1) is 0 Å². The molecule has 1 fully saturated rings. The molecule has 4 rings (SSSR count). The molecular weight excluding hydrogens is 431 g/mol. The number of methoxy groups -OCH3 is 1. The predicted molar refractivity (Wildman–Crippen MR) is 129 cm³/mol. The van der Waals surface area contributed by atoms with E-state index in [-0.39, 0.29) is 0 Å². The maximum absolute atomic E-state index is 7.72. The smallest absolute Gasteiger partial charge is 0.143 e. The van der Waals surface area contributed by atoms with E-state index in [1.807, 2.05) is 30.3 Å². The van der Waals surface area contributed by atoms with Crippen molar-refractivity contribution in [2.75, 3.05) is 39.8 Å². The van der Waals surface area contributed by atoms with E-state index in [4.69, 9.17) is 33.3 Å². The minimum Gasteiger partial charge on any atom is -0.495 e. The molecule has 1 aromatic heterocycles. The van der Waals surface area contributed by atoms with Crippen LogP contribution in [-0.4, -0.2) is 60.4 Å². The first-order valence-corrected chi connectivity index (χ1v) is 11.4. The Morgan fingerprint density at radius 1 is 1.03 bits per heavy atom. The molecule has 1 aliphatic heterocycles. The molecule has 0 unspecified atom stereocenters. The van der Waals surface area contributed by atoms with Gasteiger partial charge in [0.1, 0.15) is 5.75 Å². The van der Waals surface area contributed by atoms with Crippen LogP contribution in [0.3, 0.4) is 0 Å². The second-order valence-electron chi connectivity index (χ2n) is 7.99.